The lowest BCUT2D eigenvalue weighted by Gasteiger charge is -2.07. The van der Waals surface area contributed by atoms with Crippen LogP contribution in [0.4, 0.5) is 0 Å². The smallest absolute Gasteiger partial charge is 0.269 e. The van der Waals surface area contributed by atoms with Crippen molar-refractivity contribution in [2.45, 2.75) is 12.8 Å². The normalized spacial score (nSPS) is 9.61. The summed E-state index contributed by atoms with van der Waals surface area (Å²) in [5.74, 6) is -2.40. The Morgan fingerprint density at radius 1 is 1.17 bits per heavy atom. The van der Waals surface area contributed by atoms with E-state index in [0.29, 0.717) is 5.56 Å². The number of hydrogen-bond donors (Lipinski definition) is 2. The van der Waals surface area contributed by atoms with Gasteiger partial charge in [0.25, 0.3) is 5.91 Å². The van der Waals surface area contributed by atoms with Crippen molar-refractivity contribution in [3.8, 4) is 0 Å². The maximum Gasteiger partial charge on any atom is 0.269 e. The Balaban J connectivity index is 2.42. The number of carbonyl (C=O) groups is 3. The van der Waals surface area contributed by atoms with Crippen LogP contribution in [-0.2, 0) is 9.59 Å². The van der Waals surface area contributed by atoms with Gasteiger partial charge in [-0.05, 0) is 24.6 Å². The molecule has 0 aliphatic carbocycles. The van der Waals surface area contributed by atoms with Gasteiger partial charge in [0.05, 0.1) is 0 Å². The van der Waals surface area contributed by atoms with Crippen molar-refractivity contribution in [2.24, 2.45) is 0 Å². The van der Waals surface area contributed by atoms with Gasteiger partial charge in [-0.2, -0.15) is 0 Å². The van der Waals surface area contributed by atoms with E-state index in [2.05, 4.69) is 26.8 Å². The van der Waals surface area contributed by atoms with Crippen molar-refractivity contribution in [1.29, 1.82) is 0 Å². The minimum absolute atomic E-state index is 0.249. The molecule has 0 aromatic heterocycles. The number of hydrogen-bond acceptors (Lipinski definition) is 4. The fourth-order valence-electron chi connectivity index (χ4n) is 1.11. The number of benzene rings is 1. The fraction of sp³-hybridized carbons (Fsp3) is 0.182. The highest BCUT2D eigenvalue weighted by molar-refractivity contribution is 9.10. The molecule has 0 aliphatic heterocycles. The average Bonchev–Trinajstić information content (AvgIpc) is 2.33. The quantitative estimate of drug-likeness (QED) is 0.748. The number of amides is 2. The lowest BCUT2D eigenvalue weighted by molar-refractivity contribution is -0.305. The summed E-state index contributed by atoms with van der Waals surface area (Å²) in [7, 11) is 0. The summed E-state index contributed by atoms with van der Waals surface area (Å²) in [5, 5.41) is 10.1. The number of hydrazine groups is 1. The second kappa shape index (κ2) is 6.75. The van der Waals surface area contributed by atoms with Gasteiger partial charge in [0.2, 0.25) is 5.91 Å². The Labute approximate surface area is 111 Å². The molecule has 0 saturated heterocycles. The zero-order chi connectivity index (χ0) is 13.5. The van der Waals surface area contributed by atoms with Gasteiger partial charge in [0, 0.05) is 22.4 Å². The molecule has 0 heterocycles. The van der Waals surface area contributed by atoms with E-state index in [4.69, 9.17) is 0 Å². The SMILES string of the molecule is O=C([O-])CCC(=O)NNC(=O)c1cccc(Br)c1. The lowest BCUT2D eigenvalue weighted by Crippen LogP contribution is -2.42. The summed E-state index contributed by atoms with van der Waals surface area (Å²) in [4.78, 5) is 32.8. The van der Waals surface area contributed by atoms with Crippen LogP contribution >= 0.6 is 15.9 Å². The largest absolute Gasteiger partial charge is 0.550 e. The molecule has 0 radical (unpaired) electrons. The van der Waals surface area contributed by atoms with Gasteiger partial charge in [-0.3, -0.25) is 20.4 Å². The summed E-state index contributed by atoms with van der Waals surface area (Å²) in [5.41, 5.74) is 4.65. The molecule has 1 aromatic rings. The Morgan fingerprint density at radius 3 is 2.50 bits per heavy atom. The predicted molar refractivity (Wildman–Crippen MR) is 64.0 cm³/mol. The second-order valence-corrected chi connectivity index (χ2v) is 4.30. The zero-order valence-electron chi connectivity index (χ0n) is 9.23. The molecule has 6 nitrogen and oxygen atoms in total. The number of carboxylic acids is 1. The van der Waals surface area contributed by atoms with Crippen LogP contribution in [0.25, 0.3) is 0 Å². The third-order valence-corrected chi connectivity index (χ3v) is 2.45. The monoisotopic (exact) mass is 313 g/mol. The number of rotatable bonds is 4. The Morgan fingerprint density at radius 2 is 1.89 bits per heavy atom. The van der Waals surface area contributed by atoms with E-state index < -0.39 is 24.2 Å². The van der Waals surface area contributed by atoms with Crippen molar-refractivity contribution in [1.82, 2.24) is 10.9 Å². The maximum absolute atomic E-state index is 11.6. The van der Waals surface area contributed by atoms with Crippen molar-refractivity contribution in [3.05, 3.63) is 34.3 Å². The highest BCUT2D eigenvalue weighted by Gasteiger charge is 2.07. The van der Waals surface area contributed by atoms with E-state index in [1.54, 1.807) is 24.3 Å². The second-order valence-electron chi connectivity index (χ2n) is 3.38. The van der Waals surface area contributed by atoms with E-state index in [1.807, 2.05) is 0 Å². The molecule has 1 rings (SSSR count). The van der Waals surface area contributed by atoms with E-state index in [9.17, 15) is 19.5 Å². The first kappa shape index (κ1) is 14.2. The summed E-state index contributed by atoms with van der Waals surface area (Å²) in [6, 6.07) is 6.60. The molecule has 1 aromatic carbocycles. The maximum atomic E-state index is 11.6. The van der Waals surface area contributed by atoms with Crippen LogP contribution in [0, 0.1) is 0 Å². The fourth-order valence-corrected chi connectivity index (χ4v) is 1.51. The minimum Gasteiger partial charge on any atom is -0.550 e. The molecule has 18 heavy (non-hydrogen) atoms. The van der Waals surface area contributed by atoms with E-state index in [0.717, 1.165) is 4.47 Å². The van der Waals surface area contributed by atoms with Gasteiger partial charge in [-0.15, -0.1) is 0 Å². The number of carbonyl (C=O) groups excluding carboxylic acids is 3. The summed E-state index contributed by atoms with van der Waals surface area (Å²) in [6.45, 7) is 0. The first-order valence-corrected chi connectivity index (χ1v) is 5.83. The number of nitrogens with one attached hydrogen (secondary N) is 2. The van der Waals surface area contributed by atoms with Crippen molar-refractivity contribution < 1.29 is 19.5 Å². The van der Waals surface area contributed by atoms with Gasteiger partial charge in [-0.25, -0.2) is 0 Å². The highest BCUT2D eigenvalue weighted by Crippen LogP contribution is 2.11. The van der Waals surface area contributed by atoms with E-state index >= 15 is 0 Å². The molecule has 0 aliphatic rings. The summed E-state index contributed by atoms with van der Waals surface area (Å²) < 4.78 is 0.735. The molecular weight excluding hydrogens is 304 g/mol. The van der Waals surface area contributed by atoms with Crippen molar-refractivity contribution >= 4 is 33.7 Å². The van der Waals surface area contributed by atoms with Crippen molar-refractivity contribution in [3.63, 3.8) is 0 Å². The summed E-state index contributed by atoms with van der Waals surface area (Å²) >= 11 is 3.21. The van der Waals surface area contributed by atoms with Crippen LogP contribution in [0.3, 0.4) is 0 Å². The molecule has 0 fully saturated rings. The average molecular weight is 314 g/mol. The zero-order valence-corrected chi connectivity index (χ0v) is 10.8. The highest BCUT2D eigenvalue weighted by atomic mass is 79.9. The minimum atomic E-state index is -1.32. The molecule has 0 spiro atoms. The van der Waals surface area contributed by atoms with Crippen LogP contribution in [0.2, 0.25) is 0 Å². The van der Waals surface area contributed by atoms with Crippen LogP contribution in [-0.4, -0.2) is 17.8 Å². The molecule has 0 saturated carbocycles. The number of halogens is 1. The molecular formula is C11H10BrN2O4-. The van der Waals surface area contributed by atoms with Gasteiger partial charge in [0.15, 0.2) is 0 Å². The van der Waals surface area contributed by atoms with Crippen LogP contribution < -0.4 is 16.0 Å². The molecule has 0 unspecified atom stereocenters. The molecule has 0 atom stereocenters. The van der Waals surface area contributed by atoms with Gasteiger partial charge in [-0.1, -0.05) is 22.0 Å². The Bertz CT molecular complexity index is 476. The van der Waals surface area contributed by atoms with Crippen LogP contribution in [0.15, 0.2) is 28.7 Å². The molecule has 96 valence electrons. The standard InChI is InChI=1S/C11H11BrN2O4/c12-8-3-1-2-7(6-8)11(18)14-13-9(15)4-5-10(16)17/h1-3,6H,4-5H2,(H,13,15)(H,14,18)(H,16,17)/p-1. The van der Waals surface area contributed by atoms with Crippen LogP contribution in [0.5, 0.6) is 0 Å². The number of aliphatic carboxylic acids is 1. The molecule has 2 N–H and O–H groups in total. The molecule has 2 amide bonds. The van der Waals surface area contributed by atoms with E-state index in [-0.39, 0.29) is 6.42 Å². The van der Waals surface area contributed by atoms with Gasteiger partial charge >= 0.3 is 0 Å². The third kappa shape index (κ3) is 4.96. The molecule has 7 heteroatoms. The first-order valence-electron chi connectivity index (χ1n) is 5.03. The van der Waals surface area contributed by atoms with Crippen molar-refractivity contribution in [2.75, 3.05) is 0 Å². The van der Waals surface area contributed by atoms with Gasteiger partial charge < -0.3 is 9.90 Å². The third-order valence-electron chi connectivity index (χ3n) is 1.96. The Hall–Kier alpha value is -1.89. The lowest BCUT2D eigenvalue weighted by atomic mass is 10.2. The number of carboxylic acid groups (broad SMARTS) is 1. The molecule has 0 bridgehead atoms. The summed E-state index contributed by atoms with van der Waals surface area (Å²) in [6.07, 6.45) is -0.639. The van der Waals surface area contributed by atoms with Crippen LogP contribution in [0.1, 0.15) is 23.2 Å². The Kier molecular flexibility index (Phi) is 5.31. The first-order chi connectivity index (χ1) is 8.49. The van der Waals surface area contributed by atoms with Gasteiger partial charge in [0.1, 0.15) is 0 Å². The van der Waals surface area contributed by atoms with E-state index in [1.165, 1.54) is 0 Å². The topological polar surface area (TPSA) is 98.3 Å². The predicted octanol–water partition coefficient (Wildman–Crippen LogP) is -0.260.